The molecule has 6 heteroatoms. The van der Waals surface area contributed by atoms with Crippen molar-refractivity contribution in [2.45, 2.75) is 57.3 Å². The first-order valence-corrected chi connectivity index (χ1v) is 11.8. The van der Waals surface area contributed by atoms with Gasteiger partial charge in [0.1, 0.15) is 0 Å². The van der Waals surface area contributed by atoms with Crippen molar-refractivity contribution in [3.63, 3.8) is 0 Å². The van der Waals surface area contributed by atoms with Gasteiger partial charge in [-0.3, -0.25) is 4.79 Å². The number of hydrogen-bond donors (Lipinski definition) is 0. The molecule has 0 atom stereocenters. The Morgan fingerprint density at radius 1 is 1.00 bits per heavy atom. The normalized spacial score (nSPS) is 33.2. The molecule has 5 fully saturated rings. The minimum absolute atomic E-state index is 0.0339. The fourth-order valence-electron chi connectivity index (χ4n) is 7.15. The van der Waals surface area contributed by atoms with Crippen LogP contribution in [0.25, 0.3) is 11.4 Å². The summed E-state index contributed by atoms with van der Waals surface area (Å²) in [5.41, 5.74) is 0.872. The van der Waals surface area contributed by atoms with Gasteiger partial charge in [0.25, 0.3) is 0 Å². The highest BCUT2D eigenvalue weighted by molar-refractivity contribution is 6.30. The summed E-state index contributed by atoms with van der Waals surface area (Å²) < 4.78 is 5.59. The number of rotatable bonds is 3. The highest BCUT2D eigenvalue weighted by atomic mass is 35.5. The maximum atomic E-state index is 13.6. The number of benzene rings is 1. The molecule has 0 unspecified atom stereocenters. The first-order valence-electron chi connectivity index (χ1n) is 11.5. The van der Waals surface area contributed by atoms with Crippen LogP contribution in [0.4, 0.5) is 0 Å². The molecule has 1 saturated heterocycles. The van der Waals surface area contributed by atoms with Gasteiger partial charge < -0.3 is 9.42 Å². The second-order valence-electron chi connectivity index (χ2n) is 10.2. The van der Waals surface area contributed by atoms with E-state index < -0.39 is 0 Å². The highest BCUT2D eigenvalue weighted by Gasteiger charge is 2.55. The molecule has 0 N–H and O–H groups in total. The van der Waals surface area contributed by atoms with Crippen molar-refractivity contribution in [1.29, 1.82) is 0 Å². The molecule has 5 aliphatic rings. The molecule has 2 aromatic rings. The van der Waals surface area contributed by atoms with Gasteiger partial charge in [0.2, 0.25) is 17.6 Å². The number of amides is 1. The molecule has 4 saturated carbocycles. The Hall–Kier alpha value is -1.88. The zero-order chi connectivity index (χ0) is 20.3. The third kappa shape index (κ3) is 3.17. The predicted octanol–water partition coefficient (Wildman–Crippen LogP) is 5.31. The maximum absolute atomic E-state index is 13.6. The summed E-state index contributed by atoms with van der Waals surface area (Å²) in [6, 6.07) is 7.48. The van der Waals surface area contributed by atoms with E-state index in [0.29, 0.717) is 22.6 Å². The Bertz CT molecular complexity index is 910. The van der Waals surface area contributed by atoms with E-state index in [2.05, 4.69) is 15.0 Å². The zero-order valence-electron chi connectivity index (χ0n) is 17.2. The Labute approximate surface area is 182 Å². The SMILES string of the molecule is O=C(N1CCC(c2nc(-c3ccc(Cl)cc3)no2)CC1)C12CC3CC(CC(C3)C1)C2. The van der Waals surface area contributed by atoms with Crippen LogP contribution in [-0.4, -0.2) is 34.0 Å². The quantitative estimate of drug-likeness (QED) is 0.668. The molecule has 1 aliphatic heterocycles. The van der Waals surface area contributed by atoms with E-state index in [-0.39, 0.29) is 11.3 Å². The van der Waals surface area contributed by atoms with Crippen molar-refractivity contribution >= 4 is 17.5 Å². The first kappa shape index (κ1) is 18.9. The molecule has 1 amide bonds. The third-order valence-corrected chi connectivity index (χ3v) is 8.42. The topological polar surface area (TPSA) is 59.2 Å². The first-order chi connectivity index (χ1) is 14.6. The molecular weight excluding hydrogens is 398 g/mol. The molecule has 5 nitrogen and oxygen atoms in total. The van der Waals surface area contributed by atoms with Gasteiger partial charge in [0.05, 0.1) is 5.41 Å². The van der Waals surface area contributed by atoms with E-state index in [9.17, 15) is 4.79 Å². The van der Waals surface area contributed by atoms with E-state index in [1.807, 2.05) is 24.3 Å². The van der Waals surface area contributed by atoms with Crippen molar-refractivity contribution in [3.05, 3.63) is 35.2 Å². The van der Waals surface area contributed by atoms with Crippen LogP contribution in [0.1, 0.15) is 63.2 Å². The second kappa shape index (κ2) is 7.08. The monoisotopic (exact) mass is 425 g/mol. The fourth-order valence-corrected chi connectivity index (χ4v) is 7.28. The lowest BCUT2D eigenvalue weighted by atomic mass is 9.49. The summed E-state index contributed by atoms with van der Waals surface area (Å²) in [5.74, 6) is 4.41. The molecule has 7 rings (SSSR count). The van der Waals surface area contributed by atoms with Crippen molar-refractivity contribution in [2.24, 2.45) is 23.2 Å². The maximum Gasteiger partial charge on any atom is 0.230 e. The molecule has 1 aromatic carbocycles. The van der Waals surface area contributed by atoms with Gasteiger partial charge in [-0.1, -0.05) is 16.8 Å². The average Bonchev–Trinajstić information content (AvgIpc) is 3.23. The molecule has 30 heavy (non-hydrogen) atoms. The van der Waals surface area contributed by atoms with Crippen LogP contribution in [0.2, 0.25) is 5.02 Å². The van der Waals surface area contributed by atoms with Gasteiger partial charge in [0, 0.05) is 29.6 Å². The van der Waals surface area contributed by atoms with Crippen LogP contribution in [0, 0.1) is 23.2 Å². The van der Waals surface area contributed by atoms with Crippen molar-refractivity contribution in [3.8, 4) is 11.4 Å². The van der Waals surface area contributed by atoms with Gasteiger partial charge in [-0.05, 0) is 93.4 Å². The summed E-state index contributed by atoms with van der Waals surface area (Å²) >= 11 is 5.97. The van der Waals surface area contributed by atoms with Crippen LogP contribution in [0.3, 0.4) is 0 Å². The molecule has 2 heterocycles. The number of piperidine rings is 1. The van der Waals surface area contributed by atoms with Crippen LogP contribution < -0.4 is 0 Å². The molecule has 0 radical (unpaired) electrons. The lowest BCUT2D eigenvalue weighted by molar-refractivity contribution is -0.158. The lowest BCUT2D eigenvalue weighted by Gasteiger charge is -2.57. The van der Waals surface area contributed by atoms with Crippen LogP contribution >= 0.6 is 11.6 Å². The standard InChI is InChI=1S/C24H28ClN3O2/c25-20-3-1-18(2-4-20)21-26-22(30-27-21)19-5-7-28(8-6-19)23(29)24-12-15-9-16(13-24)11-17(10-15)14-24/h1-4,15-17,19H,5-14H2. The van der Waals surface area contributed by atoms with E-state index in [4.69, 9.17) is 16.1 Å². The molecule has 4 aliphatic carbocycles. The van der Waals surface area contributed by atoms with Gasteiger partial charge in [-0.15, -0.1) is 0 Å². The number of halogens is 1. The Kier molecular flexibility index (Phi) is 4.45. The summed E-state index contributed by atoms with van der Waals surface area (Å²) in [4.78, 5) is 20.4. The molecular formula is C24H28ClN3O2. The van der Waals surface area contributed by atoms with E-state index in [0.717, 1.165) is 68.5 Å². The Balaban J connectivity index is 1.12. The van der Waals surface area contributed by atoms with E-state index in [1.54, 1.807) is 0 Å². The van der Waals surface area contributed by atoms with Gasteiger partial charge in [0.15, 0.2) is 0 Å². The van der Waals surface area contributed by atoms with E-state index in [1.165, 1.54) is 19.3 Å². The largest absolute Gasteiger partial charge is 0.342 e. The summed E-state index contributed by atoms with van der Waals surface area (Å²) in [5, 5.41) is 4.86. The number of hydrogen-bond acceptors (Lipinski definition) is 4. The van der Waals surface area contributed by atoms with Crippen LogP contribution in [0.15, 0.2) is 28.8 Å². The molecule has 0 spiro atoms. The summed E-state index contributed by atoms with van der Waals surface area (Å²) in [7, 11) is 0. The predicted molar refractivity (Wildman–Crippen MR) is 114 cm³/mol. The second-order valence-corrected chi connectivity index (χ2v) is 10.7. The highest BCUT2D eigenvalue weighted by Crippen LogP contribution is 2.60. The average molecular weight is 426 g/mol. The van der Waals surface area contributed by atoms with Gasteiger partial charge in [-0.25, -0.2) is 0 Å². The van der Waals surface area contributed by atoms with Crippen molar-refractivity contribution in [1.82, 2.24) is 15.0 Å². The van der Waals surface area contributed by atoms with Crippen LogP contribution in [-0.2, 0) is 4.79 Å². The lowest BCUT2D eigenvalue weighted by Crippen LogP contribution is -2.55. The molecule has 4 bridgehead atoms. The minimum atomic E-state index is -0.0339. The van der Waals surface area contributed by atoms with Crippen LogP contribution in [0.5, 0.6) is 0 Å². The molecule has 1 aromatic heterocycles. The molecule has 158 valence electrons. The Morgan fingerprint density at radius 2 is 1.60 bits per heavy atom. The van der Waals surface area contributed by atoms with Gasteiger partial charge >= 0.3 is 0 Å². The number of likely N-dealkylation sites (tertiary alicyclic amines) is 1. The summed E-state index contributed by atoms with van der Waals surface area (Å²) in [6.07, 6.45) is 9.37. The minimum Gasteiger partial charge on any atom is -0.342 e. The number of aromatic nitrogens is 2. The fraction of sp³-hybridized carbons (Fsp3) is 0.625. The number of nitrogens with zero attached hydrogens (tertiary/aromatic N) is 3. The van der Waals surface area contributed by atoms with Gasteiger partial charge in [-0.2, -0.15) is 4.98 Å². The zero-order valence-corrected chi connectivity index (χ0v) is 18.0. The number of carbonyl (C=O) groups excluding carboxylic acids is 1. The Morgan fingerprint density at radius 3 is 2.20 bits per heavy atom. The van der Waals surface area contributed by atoms with Crippen molar-refractivity contribution in [2.75, 3.05) is 13.1 Å². The van der Waals surface area contributed by atoms with E-state index >= 15 is 0 Å². The van der Waals surface area contributed by atoms with Crippen molar-refractivity contribution < 1.29 is 9.32 Å². The number of carbonyl (C=O) groups is 1. The smallest absolute Gasteiger partial charge is 0.230 e. The third-order valence-electron chi connectivity index (χ3n) is 8.17. The summed E-state index contributed by atoms with van der Waals surface area (Å²) in [6.45, 7) is 1.62.